The van der Waals surface area contributed by atoms with Crippen molar-refractivity contribution in [1.82, 2.24) is 15.1 Å². The normalized spacial score (nSPS) is 11.4. The van der Waals surface area contributed by atoms with Gasteiger partial charge in [0.15, 0.2) is 5.84 Å². The smallest absolute Gasteiger partial charge is 0.251 e. The number of amidine groups is 1. The van der Waals surface area contributed by atoms with Gasteiger partial charge in [-0.3, -0.25) is 9.48 Å². The van der Waals surface area contributed by atoms with Crippen LogP contribution < -0.4 is 11.1 Å². The van der Waals surface area contributed by atoms with Crippen LogP contribution in [0.25, 0.3) is 0 Å². The number of nitrogens with zero attached hydrogens (tertiary/aromatic N) is 3. The number of amides is 1. The second-order valence-corrected chi connectivity index (χ2v) is 4.59. The molecule has 0 spiro atoms. The van der Waals surface area contributed by atoms with Gasteiger partial charge in [-0.2, -0.15) is 5.10 Å². The van der Waals surface area contributed by atoms with Gasteiger partial charge in [0.2, 0.25) is 0 Å². The van der Waals surface area contributed by atoms with E-state index in [4.69, 9.17) is 10.9 Å². The summed E-state index contributed by atoms with van der Waals surface area (Å²) in [6.45, 7) is 0.534. The second-order valence-electron chi connectivity index (χ2n) is 4.59. The van der Waals surface area contributed by atoms with Crippen LogP contribution in [0.3, 0.4) is 0 Å². The Bertz CT molecular complexity index is 646. The molecule has 0 saturated carbocycles. The monoisotopic (exact) mass is 287 g/mol. The highest BCUT2D eigenvalue weighted by Crippen LogP contribution is 2.04. The van der Waals surface area contributed by atoms with Gasteiger partial charge >= 0.3 is 0 Å². The Morgan fingerprint density at radius 2 is 2.05 bits per heavy atom. The Labute approximate surface area is 122 Å². The van der Waals surface area contributed by atoms with E-state index in [1.165, 1.54) is 0 Å². The second kappa shape index (κ2) is 6.56. The fraction of sp³-hybridized carbons (Fsp3) is 0.214. The molecule has 7 nitrogen and oxygen atoms in total. The minimum absolute atomic E-state index is 0.0125. The number of aromatic nitrogens is 2. The average Bonchev–Trinajstić information content (AvgIpc) is 2.92. The highest BCUT2D eigenvalue weighted by molar-refractivity contribution is 5.99. The van der Waals surface area contributed by atoms with E-state index in [9.17, 15) is 4.79 Å². The first-order valence-corrected chi connectivity index (χ1v) is 6.44. The molecule has 0 unspecified atom stereocenters. The first-order valence-electron chi connectivity index (χ1n) is 6.44. The maximum Gasteiger partial charge on any atom is 0.251 e. The highest BCUT2D eigenvalue weighted by atomic mass is 16.4. The van der Waals surface area contributed by atoms with Gasteiger partial charge in [0.25, 0.3) is 5.91 Å². The van der Waals surface area contributed by atoms with Crippen molar-refractivity contribution in [2.45, 2.75) is 6.42 Å². The molecule has 0 aliphatic carbocycles. The lowest BCUT2D eigenvalue weighted by molar-refractivity contribution is 0.0954. The predicted octanol–water partition coefficient (Wildman–Crippen LogP) is 0.487. The molecule has 0 aliphatic heterocycles. The van der Waals surface area contributed by atoms with Gasteiger partial charge in [-0.15, -0.1) is 0 Å². The number of nitrogens with two attached hydrogens (primary N) is 1. The molecule has 0 aliphatic rings. The summed E-state index contributed by atoms with van der Waals surface area (Å²) in [5.74, 6) is -0.150. The van der Waals surface area contributed by atoms with Gasteiger partial charge in [0, 0.05) is 30.9 Å². The number of rotatable bonds is 5. The minimum atomic E-state index is -0.162. The Hall–Kier alpha value is -2.83. The zero-order valence-corrected chi connectivity index (χ0v) is 11.7. The molecule has 21 heavy (non-hydrogen) atoms. The van der Waals surface area contributed by atoms with E-state index in [-0.39, 0.29) is 11.7 Å². The van der Waals surface area contributed by atoms with Crippen LogP contribution in [0, 0.1) is 0 Å². The number of benzene rings is 1. The van der Waals surface area contributed by atoms with Crippen LogP contribution in [0.1, 0.15) is 21.5 Å². The van der Waals surface area contributed by atoms with Crippen molar-refractivity contribution < 1.29 is 10.0 Å². The van der Waals surface area contributed by atoms with Crippen molar-refractivity contribution in [2.24, 2.45) is 17.9 Å². The van der Waals surface area contributed by atoms with Crippen LogP contribution in [0.2, 0.25) is 0 Å². The molecule has 110 valence electrons. The van der Waals surface area contributed by atoms with Crippen LogP contribution in [-0.2, 0) is 13.5 Å². The number of carbonyl (C=O) groups excluding carboxylic acids is 1. The van der Waals surface area contributed by atoms with E-state index in [0.717, 1.165) is 12.0 Å². The molecule has 0 radical (unpaired) electrons. The molecule has 1 amide bonds. The molecule has 7 heteroatoms. The van der Waals surface area contributed by atoms with Crippen LogP contribution >= 0.6 is 0 Å². The third-order valence-electron chi connectivity index (χ3n) is 3.01. The van der Waals surface area contributed by atoms with Crippen molar-refractivity contribution in [1.29, 1.82) is 0 Å². The van der Waals surface area contributed by atoms with E-state index in [1.54, 1.807) is 35.1 Å². The van der Waals surface area contributed by atoms with Crippen molar-refractivity contribution >= 4 is 11.7 Å². The largest absolute Gasteiger partial charge is 0.409 e. The van der Waals surface area contributed by atoms with Crippen LogP contribution in [0.15, 0.2) is 41.8 Å². The summed E-state index contributed by atoms with van der Waals surface area (Å²) in [5.41, 5.74) is 7.61. The van der Waals surface area contributed by atoms with E-state index in [2.05, 4.69) is 15.6 Å². The van der Waals surface area contributed by atoms with E-state index < -0.39 is 0 Å². The summed E-state index contributed by atoms with van der Waals surface area (Å²) in [6, 6.07) is 6.52. The van der Waals surface area contributed by atoms with Gasteiger partial charge in [-0.25, -0.2) is 0 Å². The topological polar surface area (TPSA) is 106 Å². The van der Waals surface area contributed by atoms with Crippen molar-refractivity contribution in [2.75, 3.05) is 6.54 Å². The number of carbonyl (C=O) groups is 1. The first kappa shape index (κ1) is 14.6. The third-order valence-corrected chi connectivity index (χ3v) is 3.01. The fourth-order valence-electron chi connectivity index (χ4n) is 1.87. The molecule has 0 bridgehead atoms. The molecular weight excluding hydrogens is 270 g/mol. The maximum absolute atomic E-state index is 11.9. The molecule has 1 heterocycles. The molecule has 2 aromatic rings. The van der Waals surface area contributed by atoms with Crippen LogP contribution in [0.5, 0.6) is 0 Å². The van der Waals surface area contributed by atoms with Gasteiger partial charge in [0.1, 0.15) is 0 Å². The van der Waals surface area contributed by atoms with Crippen molar-refractivity contribution in [3.63, 3.8) is 0 Å². The van der Waals surface area contributed by atoms with Crippen LogP contribution in [0.4, 0.5) is 0 Å². The summed E-state index contributed by atoms with van der Waals surface area (Å²) in [5, 5.41) is 18.4. The van der Waals surface area contributed by atoms with E-state index in [0.29, 0.717) is 17.7 Å². The molecular formula is C14H17N5O2. The zero-order valence-electron chi connectivity index (χ0n) is 11.7. The molecule has 0 saturated heterocycles. The lowest BCUT2D eigenvalue weighted by Crippen LogP contribution is -2.25. The first-order chi connectivity index (χ1) is 10.1. The van der Waals surface area contributed by atoms with Gasteiger partial charge in [-0.05, 0) is 24.1 Å². The zero-order chi connectivity index (χ0) is 15.2. The van der Waals surface area contributed by atoms with Gasteiger partial charge < -0.3 is 16.3 Å². The van der Waals surface area contributed by atoms with Gasteiger partial charge in [-0.1, -0.05) is 17.3 Å². The summed E-state index contributed by atoms with van der Waals surface area (Å²) in [4.78, 5) is 11.9. The average molecular weight is 287 g/mol. The lowest BCUT2D eigenvalue weighted by atomic mass is 10.1. The molecule has 1 aromatic carbocycles. The maximum atomic E-state index is 11.9. The number of oxime groups is 1. The van der Waals surface area contributed by atoms with E-state index >= 15 is 0 Å². The molecule has 2 rings (SSSR count). The Kier molecular flexibility index (Phi) is 4.55. The lowest BCUT2D eigenvalue weighted by Gasteiger charge is -2.05. The standard InChI is InChI=1S/C14H17N5O2/c1-19-9-10(8-17-19)6-7-16-14(20)12-4-2-11(3-5-12)13(15)18-21/h2-5,8-9,21H,6-7H2,1H3,(H2,15,18)(H,16,20). The summed E-state index contributed by atoms with van der Waals surface area (Å²) >= 11 is 0. The predicted molar refractivity (Wildman–Crippen MR) is 78.2 cm³/mol. The molecule has 0 fully saturated rings. The Balaban J connectivity index is 1.88. The summed E-state index contributed by atoms with van der Waals surface area (Å²) in [6.07, 6.45) is 4.41. The molecule has 0 atom stereocenters. The number of hydrogen-bond donors (Lipinski definition) is 3. The highest BCUT2D eigenvalue weighted by Gasteiger charge is 2.06. The number of hydrogen-bond acceptors (Lipinski definition) is 4. The van der Waals surface area contributed by atoms with Crippen molar-refractivity contribution in [3.05, 3.63) is 53.3 Å². The SMILES string of the molecule is Cn1cc(CCNC(=O)c2ccc(/C(N)=N/O)cc2)cn1. The number of nitrogens with one attached hydrogen (secondary N) is 1. The fourth-order valence-corrected chi connectivity index (χ4v) is 1.87. The molecule has 4 N–H and O–H groups in total. The minimum Gasteiger partial charge on any atom is -0.409 e. The summed E-state index contributed by atoms with van der Waals surface area (Å²) in [7, 11) is 1.85. The van der Waals surface area contributed by atoms with Crippen molar-refractivity contribution in [3.8, 4) is 0 Å². The van der Waals surface area contributed by atoms with Gasteiger partial charge in [0.05, 0.1) is 6.20 Å². The van der Waals surface area contributed by atoms with E-state index in [1.807, 2.05) is 13.2 Å². The van der Waals surface area contributed by atoms with Crippen LogP contribution in [-0.4, -0.2) is 33.3 Å². The summed E-state index contributed by atoms with van der Waals surface area (Å²) < 4.78 is 1.73. The quantitative estimate of drug-likeness (QED) is 0.322. The molecule has 1 aromatic heterocycles. The Morgan fingerprint density at radius 3 is 2.62 bits per heavy atom. The third kappa shape index (κ3) is 3.82. The number of aryl methyl sites for hydroxylation is 1. The Morgan fingerprint density at radius 1 is 1.38 bits per heavy atom.